The van der Waals surface area contributed by atoms with Crippen LogP contribution in [0.3, 0.4) is 0 Å². The Kier molecular flexibility index (Phi) is 5.86. The van der Waals surface area contributed by atoms with Gasteiger partial charge in [0.25, 0.3) is 5.91 Å². The van der Waals surface area contributed by atoms with Gasteiger partial charge in [-0.1, -0.05) is 17.7 Å². The van der Waals surface area contributed by atoms with Crippen molar-refractivity contribution in [1.82, 2.24) is 4.98 Å². The number of ether oxygens (including phenoxy) is 1. The van der Waals surface area contributed by atoms with E-state index in [0.29, 0.717) is 5.69 Å². The largest absolute Gasteiger partial charge is 0.488 e. The molecule has 0 bridgehead atoms. The predicted octanol–water partition coefficient (Wildman–Crippen LogP) is 4.39. The lowest BCUT2D eigenvalue weighted by molar-refractivity contribution is -0.137. The maximum absolute atomic E-state index is 12.9. The van der Waals surface area contributed by atoms with Crippen molar-refractivity contribution >= 4 is 40.6 Å². The molecule has 33 heavy (non-hydrogen) atoms. The second-order valence-corrected chi connectivity index (χ2v) is 7.50. The van der Waals surface area contributed by atoms with Crippen LogP contribution in [0.5, 0.6) is 5.75 Å². The molecule has 2 aromatic carbocycles. The van der Waals surface area contributed by atoms with Crippen LogP contribution in [-0.4, -0.2) is 29.4 Å². The number of pyridine rings is 1. The van der Waals surface area contributed by atoms with Crippen molar-refractivity contribution in [1.29, 1.82) is 0 Å². The fourth-order valence-electron chi connectivity index (χ4n) is 3.42. The van der Waals surface area contributed by atoms with Gasteiger partial charge < -0.3 is 20.7 Å². The van der Waals surface area contributed by atoms with Gasteiger partial charge in [0.15, 0.2) is 11.6 Å². The van der Waals surface area contributed by atoms with Gasteiger partial charge in [-0.05, 0) is 48.5 Å². The number of alkyl halides is 3. The van der Waals surface area contributed by atoms with Crippen LogP contribution in [0.2, 0.25) is 5.02 Å². The number of hydrogen-bond donors (Lipinski definition) is 2. The van der Waals surface area contributed by atoms with Gasteiger partial charge >= 0.3 is 6.18 Å². The number of carbonyl (C=O) groups is 2. The van der Waals surface area contributed by atoms with Gasteiger partial charge in [-0.25, -0.2) is 4.98 Å². The van der Waals surface area contributed by atoms with Crippen molar-refractivity contribution in [2.45, 2.75) is 12.2 Å². The van der Waals surface area contributed by atoms with Crippen LogP contribution in [0.1, 0.15) is 15.9 Å². The molecule has 1 aliphatic heterocycles. The Morgan fingerprint density at radius 1 is 1.12 bits per heavy atom. The van der Waals surface area contributed by atoms with Crippen molar-refractivity contribution in [3.63, 3.8) is 0 Å². The highest BCUT2D eigenvalue weighted by Crippen LogP contribution is 2.42. The molecule has 0 radical (unpaired) electrons. The summed E-state index contributed by atoms with van der Waals surface area (Å²) in [6.45, 7) is -0.167. The summed E-state index contributed by atoms with van der Waals surface area (Å²) < 4.78 is 44.0. The van der Waals surface area contributed by atoms with Crippen LogP contribution in [0.4, 0.5) is 30.4 Å². The fraction of sp³-hybridized carbons (Fsp3) is 0.136. The minimum Gasteiger partial charge on any atom is -0.488 e. The second kappa shape index (κ2) is 8.62. The highest BCUT2D eigenvalue weighted by molar-refractivity contribution is 6.33. The Labute approximate surface area is 190 Å². The van der Waals surface area contributed by atoms with E-state index >= 15 is 0 Å². The molecule has 7 nitrogen and oxygen atoms in total. The van der Waals surface area contributed by atoms with Crippen LogP contribution in [0, 0.1) is 0 Å². The van der Waals surface area contributed by atoms with E-state index < -0.39 is 29.6 Å². The average Bonchev–Trinajstić information content (AvgIpc) is 2.78. The smallest absolute Gasteiger partial charge is 0.416 e. The molecule has 3 N–H and O–H groups in total. The molecule has 1 aromatic heterocycles. The lowest BCUT2D eigenvalue weighted by atomic mass is 10.1. The standard InChI is InChI=1S/C22H16ClF3N4O3/c23-15-4-2-10-28-20(15)30-16-5-1-3-14(18(16)33-11-17(30)19(27)31)21(32)29-13-8-6-12(7-9-13)22(24,25)26/h1-10,17H,11H2,(H2,27,31)(H,29,32)/t17-/m0/s1. The summed E-state index contributed by atoms with van der Waals surface area (Å²) in [5.74, 6) is -0.882. The summed E-state index contributed by atoms with van der Waals surface area (Å²) in [7, 11) is 0. The van der Waals surface area contributed by atoms with Crippen LogP contribution < -0.4 is 20.7 Å². The number of amides is 2. The van der Waals surface area contributed by atoms with E-state index in [1.807, 2.05) is 0 Å². The molecule has 1 atom stereocenters. The molecule has 3 aromatic rings. The zero-order valence-corrected chi connectivity index (χ0v) is 17.5. The zero-order valence-electron chi connectivity index (χ0n) is 16.8. The van der Waals surface area contributed by atoms with Gasteiger partial charge in [0.2, 0.25) is 5.91 Å². The first kappa shape index (κ1) is 22.4. The molecular formula is C22H16ClF3N4O3. The van der Waals surface area contributed by atoms with E-state index in [2.05, 4.69) is 10.3 Å². The third kappa shape index (κ3) is 4.42. The minimum atomic E-state index is -4.48. The normalized spacial score (nSPS) is 15.4. The van der Waals surface area contributed by atoms with Crippen LogP contribution in [-0.2, 0) is 11.0 Å². The van der Waals surface area contributed by atoms with E-state index in [9.17, 15) is 22.8 Å². The molecule has 4 rings (SSSR count). The summed E-state index contributed by atoms with van der Waals surface area (Å²) >= 11 is 6.29. The van der Waals surface area contributed by atoms with Crippen LogP contribution >= 0.6 is 11.6 Å². The summed E-state index contributed by atoms with van der Waals surface area (Å²) in [4.78, 5) is 30.8. The Morgan fingerprint density at radius 3 is 2.48 bits per heavy atom. The Bertz CT molecular complexity index is 1220. The van der Waals surface area contributed by atoms with E-state index in [1.165, 1.54) is 17.2 Å². The van der Waals surface area contributed by atoms with E-state index in [4.69, 9.17) is 22.1 Å². The topological polar surface area (TPSA) is 97.6 Å². The van der Waals surface area contributed by atoms with Gasteiger partial charge in [0, 0.05) is 11.9 Å². The van der Waals surface area contributed by atoms with Crippen molar-refractivity contribution in [3.05, 3.63) is 76.9 Å². The SMILES string of the molecule is NC(=O)[C@@H]1COc2c(C(=O)Nc3ccc(C(F)(F)F)cc3)cccc2N1c1ncccc1Cl. The second-order valence-electron chi connectivity index (χ2n) is 7.09. The lowest BCUT2D eigenvalue weighted by Gasteiger charge is -2.37. The van der Waals surface area contributed by atoms with Crippen LogP contribution in [0.25, 0.3) is 0 Å². The van der Waals surface area contributed by atoms with Crippen molar-refractivity contribution < 1.29 is 27.5 Å². The molecule has 0 saturated heterocycles. The van der Waals surface area contributed by atoms with Gasteiger partial charge in [-0.3, -0.25) is 9.59 Å². The number of carbonyl (C=O) groups excluding carboxylic acids is 2. The number of hydrogen-bond acceptors (Lipinski definition) is 5. The van der Waals surface area contributed by atoms with Crippen LogP contribution in [0.15, 0.2) is 60.8 Å². The molecule has 0 fully saturated rings. The molecule has 0 aliphatic carbocycles. The number of nitrogens with two attached hydrogens (primary N) is 1. The first-order chi connectivity index (χ1) is 15.7. The number of para-hydroxylation sites is 1. The van der Waals surface area contributed by atoms with Crippen molar-refractivity contribution in [3.8, 4) is 5.75 Å². The highest BCUT2D eigenvalue weighted by Gasteiger charge is 2.36. The third-order valence-electron chi connectivity index (χ3n) is 4.96. The first-order valence-electron chi connectivity index (χ1n) is 9.60. The number of nitrogens with one attached hydrogen (secondary N) is 1. The Hall–Kier alpha value is -3.79. The first-order valence-corrected chi connectivity index (χ1v) is 9.98. The summed E-state index contributed by atoms with van der Waals surface area (Å²) in [5, 5.41) is 2.81. The van der Waals surface area contributed by atoms with Gasteiger partial charge in [0.05, 0.1) is 21.8 Å². The predicted molar refractivity (Wildman–Crippen MR) is 116 cm³/mol. The zero-order chi connectivity index (χ0) is 23.8. The summed E-state index contributed by atoms with van der Waals surface area (Å²) in [6.07, 6.45) is -2.99. The van der Waals surface area contributed by atoms with E-state index in [0.717, 1.165) is 24.3 Å². The number of aromatic nitrogens is 1. The third-order valence-corrected chi connectivity index (χ3v) is 5.26. The minimum absolute atomic E-state index is 0.104. The molecule has 0 spiro atoms. The molecule has 2 heterocycles. The number of primary amides is 1. The number of halogens is 4. The fourth-order valence-corrected chi connectivity index (χ4v) is 3.63. The van der Waals surface area contributed by atoms with Crippen molar-refractivity contribution in [2.75, 3.05) is 16.8 Å². The molecule has 1 aliphatic rings. The van der Waals surface area contributed by atoms with E-state index in [1.54, 1.807) is 24.3 Å². The molecular weight excluding hydrogens is 461 g/mol. The lowest BCUT2D eigenvalue weighted by Crippen LogP contribution is -2.49. The molecule has 2 amide bonds. The number of nitrogens with zero attached hydrogens (tertiary/aromatic N) is 2. The molecule has 170 valence electrons. The van der Waals surface area contributed by atoms with Gasteiger partial charge in [-0.15, -0.1) is 0 Å². The summed E-state index contributed by atoms with van der Waals surface area (Å²) in [6, 6.07) is 11.0. The quantitative estimate of drug-likeness (QED) is 0.582. The number of benzene rings is 2. The van der Waals surface area contributed by atoms with E-state index in [-0.39, 0.29) is 34.4 Å². The average molecular weight is 477 g/mol. The maximum Gasteiger partial charge on any atom is 0.416 e. The maximum atomic E-state index is 12.9. The molecule has 11 heteroatoms. The number of fused-ring (bicyclic) bond motifs is 1. The monoisotopic (exact) mass is 476 g/mol. The Balaban J connectivity index is 1.70. The molecule has 0 unspecified atom stereocenters. The number of rotatable bonds is 4. The molecule has 0 saturated carbocycles. The Morgan fingerprint density at radius 2 is 1.85 bits per heavy atom. The van der Waals surface area contributed by atoms with Gasteiger partial charge in [0.1, 0.15) is 12.6 Å². The summed E-state index contributed by atoms with van der Waals surface area (Å²) in [5.41, 5.74) is 5.33. The highest BCUT2D eigenvalue weighted by atomic mass is 35.5. The van der Waals surface area contributed by atoms with Crippen molar-refractivity contribution in [2.24, 2.45) is 5.73 Å². The van der Waals surface area contributed by atoms with Gasteiger partial charge in [-0.2, -0.15) is 13.2 Å². The number of anilines is 3.